The van der Waals surface area contributed by atoms with Crippen LogP contribution in [0.3, 0.4) is 0 Å². The summed E-state index contributed by atoms with van der Waals surface area (Å²) >= 11 is 0. The van der Waals surface area contributed by atoms with Gasteiger partial charge in [0.2, 0.25) is 5.95 Å². The minimum Gasteiger partial charge on any atom is -0.357 e. The van der Waals surface area contributed by atoms with Crippen molar-refractivity contribution in [1.29, 1.82) is 0 Å². The molecule has 1 fully saturated rings. The Labute approximate surface area is 109 Å². The summed E-state index contributed by atoms with van der Waals surface area (Å²) < 4.78 is 0. The van der Waals surface area contributed by atoms with E-state index in [1.807, 2.05) is 13.0 Å². The van der Waals surface area contributed by atoms with Gasteiger partial charge in [0, 0.05) is 24.8 Å². The van der Waals surface area contributed by atoms with Crippen LogP contribution in [0, 0.1) is 12.8 Å². The van der Waals surface area contributed by atoms with Gasteiger partial charge in [0.1, 0.15) is 5.82 Å². The van der Waals surface area contributed by atoms with Gasteiger partial charge in [-0.15, -0.1) is 0 Å². The van der Waals surface area contributed by atoms with Crippen LogP contribution in [0.5, 0.6) is 0 Å². The van der Waals surface area contributed by atoms with Crippen molar-refractivity contribution < 1.29 is 0 Å². The minimum atomic E-state index is 0.487. The van der Waals surface area contributed by atoms with Crippen molar-refractivity contribution in [3.8, 4) is 0 Å². The van der Waals surface area contributed by atoms with Crippen LogP contribution in [0.25, 0.3) is 0 Å². The fourth-order valence-electron chi connectivity index (χ4n) is 2.74. The summed E-state index contributed by atoms with van der Waals surface area (Å²) in [6.45, 7) is 4.29. The third-order valence-corrected chi connectivity index (χ3v) is 3.79. The van der Waals surface area contributed by atoms with Gasteiger partial charge in [-0.05, 0) is 25.7 Å². The number of nitrogens with zero attached hydrogens (tertiary/aromatic N) is 3. The number of nitrogens with one attached hydrogen (secondary N) is 1. The Hall–Kier alpha value is -1.36. The summed E-state index contributed by atoms with van der Waals surface area (Å²) in [7, 11) is 2.12. The molecule has 5 nitrogen and oxygen atoms in total. The number of hydrogen-bond acceptors (Lipinski definition) is 5. The molecule has 1 saturated carbocycles. The Kier molecular flexibility index (Phi) is 4.01. The number of rotatable bonds is 3. The second-order valence-corrected chi connectivity index (χ2v) is 5.37. The Morgan fingerprint density at radius 3 is 2.83 bits per heavy atom. The third kappa shape index (κ3) is 2.90. The highest BCUT2D eigenvalue weighted by Gasteiger charge is 2.23. The standard InChI is InChI=1S/C13H23N5/c1-9-5-4-6-11(7-9)18(3)12-8-10(2)15-13(16-12)17-14/h8-9,11H,4-7,14H2,1-3H3,(H,15,16,17). The topological polar surface area (TPSA) is 67.1 Å². The van der Waals surface area contributed by atoms with Gasteiger partial charge in [-0.1, -0.05) is 19.8 Å². The van der Waals surface area contributed by atoms with E-state index >= 15 is 0 Å². The van der Waals surface area contributed by atoms with E-state index < -0.39 is 0 Å². The van der Waals surface area contributed by atoms with Crippen molar-refractivity contribution in [3.63, 3.8) is 0 Å². The van der Waals surface area contributed by atoms with E-state index in [1.165, 1.54) is 25.7 Å². The van der Waals surface area contributed by atoms with E-state index in [0.29, 0.717) is 12.0 Å². The highest BCUT2D eigenvalue weighted by atomic mass is 15.3. The highest BCUT2D eigenvalue weighted by Crippen LogP contribution is 2.29. The fourth-order valence-corrected chi connectivity index (χ4v) is 2.74. The monoisotopic (exact) mass is 249 g/mol. The normalized spacial score (nSPS) is 23.8. The first-order chi connectivity index (χ1) is 8.60. The van der Waals surface area contributed by atoms with Gasteiger partial charge in [0.05, 0.1) is 0 Å². The van der Waals surface area contributed by atoms with E-state index in [4.69, 9.17) is 5.84 Å². The molecule has 5 heteroatoms. The lowest BCUT2D eigenvalue weighted by atomic mass is 9.86. The van der Waals surface area contributed by atoms with Crippen LogP contribution in [0.2, 0.25) is 0 Å². The van der Waals surface area contributed by atoms with Crippen LogP contribution in [0.15, 0.2) is 6.07 Å². The number of aromatic nitrogens is 2. The second-order valence-electron chi connectivity index (χ2n) is 5.37. The number of hydrogen-bond donors (Lipinski definition) is 2. The van der Waals surface area contributed by atoms with Crippen LogP contribution < -0.4 is 16.2 Å². The largest absolute Gasteiger partial charge is 0.357 e. The first kappa shape index (κ1) is 13.1. The Balaban J connectivity index is 2.16. The average Bonchev–Trinajstić information content (AvgIpc) is 2.37. The van der Waals surface area contributed by atoms with Gasteiger partial charge < -0.3 is 4.90 Å². The minimum absolute atomic E-state index is 0.487. The molecule has 2 unspecified atom stereocenters. The lowest BCUT2D eigenvalue weighted by Crippen LogP contribution is -2.36. The molecule has 2 rings (SSSR count). The molecule has 3 N–H and O–H groups in total. The molecular weight excluding hydrogens is 226 g/mol. The van der Waals surface area contributed by atoms with E-state index in [9.17, 15) is 0 Å². The molecule has 1 heterocycles. The first-order valence-corrected chi connectivity index (χ1v) is 6.65. The molecular formula is C13H23N5. The molecule has 0 radical (unpaired) electrons. The lowest BCUT2D eigenvalue weighted by Gasteiger charge is -2.35. The maximum absolute atomic E-state index is 5.39. The zero-order valence-corrected chi connectivity index (χ0v) is 11.5. The summed E-state index contributed by atoms with van der Waals surface area (Å²) in [6.07, 6.45) is 5.14. The molecule has 0 bridgehead atoms. The van der Waals surface area contributed by atoms with Crippen molar-refractivity contribution in [2.24, 2.45) is 11.8 Å². The zero-order chi connectivity index (χ0) is 13.1. The quantitative estimate of drug-likeness (QED) is 0.634. The van der Waals surface area contributed by atoms with E-state index in [1.54, 1.807) is 0 Å². The lowest BCUT2D eigenvalue weighted by molar-refractivity contribution is 0.335. The van der Waals surface area contributed by atoms with Gasteiger partial charge in [-0.3, -0.25) is 5.43 Å². The number of nitrogens with two attached hydrogens (primary N) is 1. The molecule has 0 saturated heterocycles. The first-order valence-electron chi connectivity index (χ1n) is 6.65. The van der Waals surface area contributed by atoms with Gasteiger partial charge in [-0.2, -0.15) is 4.98 Å². The van der Waals surface area contributed by atoms with Crippen molar-refractivity contribution in [3.05, 3.63) is 11.8 Å². The molecule has 1 aliphatic carbocycles. The summed E-state index contributed by atoms with van der Waals surface area (Å²) in [5.74, 6) is 7.64. The SMILES string of the molecule is Cc1cc(N(C)C2CCCC(C)C2)nc(NN)n1. The summed E-state index contributed by atoms with van der Waals surface area (Å²) in [5.41, 5.74) is 3.46. The van der Waals surface area contributed by atoms with Crippen LogP contribution in [0.4, 0.5) is 11.8 Å². The van der Waals surface area contributed by atoms with Crippen LogP contribution in [-0.2, 0) is 0 Å². The van der Waals surface area contributed by atoms with Crippen LogP contribution >= 0.6 is 0 Å². The predicted octanol–water partition coefficient (Wildman–Crippen LogP) is 2.09. The molecule has 0 amide bonds. The van der Waals surface area contributed by atoms with E-state index in [0.717, 1.165) is 17.4 Å². The molecule has 2 atom stereocenters. The molecule has 1 aromatic rings. The van der Waals surface area contributed by atoms with Crippen molar-refractivity contribution in [2.75, 3.05) is 17.4 Å². The summed E-state index contributed by atoms with van der Waals surface area (Å²) in [5, 5.41) is 0. The maximum atomic E-state index is 5.39. The zero-order valence-electron chi connectivity index (χ0n) is 11.5. The van der Waals surface area contributed by atoms with Gasteiger partial charge in [0.15, 0.2) is 0 Å². The molecule has 0 aromatic carbocycles. The van der Waals surface area contributed by atoms with Gasteiger partial charge in [0.25, 0.3) is 0 Å². The van der Waals surface area contributed by atoms with E-state index in [2.05, 4.69) is 34.3 Å². The van der Waals surface area contributed by atoms with E-state index in [-0.39, 0.29) is 0 Å². The van der Waals surface area contributed by atoms with Crippen molar-refractivity contribution in [1.82, 2.24) is 9.97 Å². The third-order valence-electron chi connectivity index (χ3n) is 3.79. The van der Waals surface area contributed by atoms with Crippen LogP contribution in [0.1, 0.15) is 38.3 Å². The summed E-state index contributed by atoms with van der Waals surface area (Å²) in [6, 6.07) is 2.59. The number of nitrogen functional groups attached to an aromatic ring is 1. The summed E-state index contributed by atoms with van der Waals surface area (Å²) in [4.78, 5) is 10.9. The molecule has 18 heavy (non-hydrogen) atoms. The van der Waals surface area contributed by atoms with Crippen molar-refractivity contribution in [2.45, 2.75) is 45.6 Å². The van der Waals surface area contributed by atoms with Gasteiger partial charge >= 0.3 is 0 Å². The Morgan fingerprint density at radius 1 is 1.39 bits per heavy atom. The molecule has 1 aliphatic rings. The maximum Gasteiger partial charge on any atom is 0.239 e. The molecule has 100 valence electrons. The number of aryl methyl sites for hydroxylation is 1. The second kappa shape index (κ2) is 5.52. The predicted molar refractivity (Wildman–Crippen MR) is 74.4 cm³/mol. The Morgan fingerprint density at radius 2 is 2.17 bits per heavy atom. The highest BCUT2D eigenvalue weighted by molar-refractivity contribution is 5.44. The van der Waals surface area contributed by atoms with Gasteiger partial charge in [-0.25, -0.2) is 10.8 Å². The molecule has 1 aromatic heterocycles. The Bertz CT molecular complexity index is 406. The van der Waals surface area contributed by atoms with Crippen molar-refractivity contribution >= 4 is 11.8 Å². The average molecular weight is 249 g/mol. The number of hydrazine groups is 1. The molecule has 0 spiro atoms. The number of anilines is 2. The smallest absolute Gasteiger partial charge is 0.239 e. The molecule has 0 aliphatic heterocycles. The van der Waals surface area contributed by atoms with Crippen LogP contribution in [-0.4, -0.2) is 23.1 Å². The fraction of sp³-hybridized carbons (Fsp3) is 0.692.